The van der Waals surface area contributed by atoms with Crippen LogP contribution in [0.1, 0.15) is 12.8 Å². The fourth-order valence-electron chi connectivity index (χ4n) is 2.44. The summed E-state index contributed by atoms with van der Waals surface area (Å²) < 4.78 is 0. The zero-order valence-electron chi connectivity index (χ0n) is 12.6. The second-order valence-electron chi connectivity index (χ2n) is 5.31. The van der Waals surface area contributed by atoms with Crippen LogP contribution in [0.4, 0.5) is 0 Å². The average Bonchev–Trinajstić information content (AvgIpc) is 2.55. The van der Waals surface area contributed by atoms with Crippen LogP contribution < -0.4 is 0 Å². The van der Waals surface area contributed by atoms with Crippen molar-refractivity contribution in [2.45, 2.75) is 12.8 Å². The van der Waals surface area contributed by atoms with E-state index in [9.17, 15) is 19.2 Å². The third-order valence-corrected chi connectivity index (χ3v) is 3.73. The Bertz CT molecular complexity index is 557. The quantitative estimate of drug-likeness (QED) is 0.559. The fourth-order valence-corrected chi connectivity index (χ4v) is 2.44. The van der Waals surface area contributed by atoms with Crippen LogP contribution in [-0.4, -0.2) is 44.3 Å². The van der Waals surface area contributed by atoms with E-state index in [-0.39, 0.29) is 0 Å². The van der Waals surface area contributed by atoms with E-state index in [0.29, 0.717) is 12.8 Å². The fraction of sp³-hybridized carbons (Fsp3) is 0.375. The summed E-state index contributed by atoms with van der Waals surface area (Å²) in [7, 11) is 0. The summed E-state index contributed by atoms with van der Waals surface area (Å²) in [6.07, 6.45) is 10.1. The highest BCUT2D eigenvalue weighted by Gasteiger charge is 2.33. The van der Waals surface area contributed by atoms with E-state index in [0.717, 1.165) is 0 Å². The number of aliphatic carboxylic acids is 4. The van der Waals surface area contributed by atoms with Crippen LogP contribution in [0.15, 0.2) is 36.5 Å². The van der Waals surface area contributed by atoms with Crippen molar-refractivity contribution >= 4 is 23.9 Å². The number of hydrogen-bond donors (Lipinski definition) is 4. The van der Waals surface area contributed by atoms with Crippen LogP contribution in [0.2, 0.25) is 0 Å². The molecule has 8 nitrogen and oxygen atoms in total. The molecule has 0 fully saturated rings. The van der Waals surface area contributed by atoms with Gasteiger partial charge in [0.1, 0.15) is 0 Å². The molecule has 4 N–H and O–H groups in total. The van der Waals surface area contributed by atoms with Crippen molar-refractivity contribution < 1.29 is 39.6 Å². The lowest BCUT2D eigenvalue weighted by atomic mass is 9.84. The Morgan fingerprint density at radius 2 is 1.12 bits per heavy atom. The molecule has 0 saturated carbocycles. The minimum absolute atomic E-state index is 0.419. The summed E-state index contributed by atoms with van der Waals surface area (Å²) in [5, 5.41) is 34.5. The van der Waals surface area contributed by atoms with Gasteiger partial charge < -0.3 is 20.4 Å². The molecule has 2 rings (SSSR count). The highest BCUT2D eigenvalue weighted by molar-refractivity contribution is 5.83. The van der Waals surface area contributed by atoms with Crippen LogP contribution >= 0.6 is 0 Å². The first-order chi connectivity index (χ1) is 11.3. The lowest BCUT2D eigenvalue weighted by Crippen LogP contribution is -2.30. The van der Waals surface area contributed by atoms with Gasteiger partial charge in [-0.05, 0) is 12.8 Å². The Morgan fingerprint density at radius 3 is 1.46 bits per heavy atom. The van der Waals surface area contributed by atoms with E-state index in [2.05, 4.69) is 0 Å². The minimum Gasteiger partial charge on any atom is -0.481 e. The van der Waals surface area contributed by atoms with Gasteiger partial charge in [0, 0.05) is 0 Å². The van der Waals surface area contributed by atoms with E-state index in [1.807, 2.05) is 0 Å². The van der Waals surface area contributed by atoms with E-state index >= 15 is 0 Å². The molecule has 2 aliphatic rings. The van der Waals surface area contributed by atoms with Crippen molar-refractivity contribution in [3.8, 4) is 0 Å². The topological polar surface area (TPSA) is 149 Å². The third kappa shape index (κ3) is 5.08. The van der Waals surface area contributed by atoms with Crippen molar-refractivity contribution in [1.82, 2.24) is 0 Å². The maximum Gasteiger partial charge on any atom is 0.311 e. The van der Waals surface area contributed by atoms with Gasteiger partial charge in [0.25, 0.3) is 0 Å². The Kier molecular flexibility index (Phi) is 6.91. The maximum absolute atomic E-state index is 10.6. The highest BCUT2D eigenvalue weighted by atomic mass is 16.4. The molecule has 4 unspecified atom stereocenters. The van der Waals surface area contributed by atoms with Crippen molar-refractivity contribution in [3.63, 3.8) is 0 Å². The predicted molar refractivity (Wildman–Crippen MR) is 81.2 cm³/mol. The normalized spacial score (nSPS) is 27.7. The summed E-state index contributed by atoms with van der Waals surface area (Å²) in [6, 6.07) is 0. The monoisotopic (exact) mass is 338 g/mol. The van der Waals surface area contributed by atoms with Gasteiger partial charge in [-0.25, -0.2) is 0 Å². The number of carbonyl (C=O) groups is 4. The molecule has 0 aromatic rings. The van der Waals surface area contributed by atoms with Gasteiger partial charge in [0.05, 0.1) is 23.7 Å². The van der Waals surface area contributed by atoms with E-state index in [1.165, 1.54) is 30.4 Å². The van der Waals surface area contributed by atoms with Crippen molar-refractivity contribution in [1.29, 1.82) is 0 Å². The predicted octanol–water partition coefficient (Wildman–Crippen LogP) is 1.25. The molecule has 0 aromatic carbocycles. The molecule has 4 atom stereocenters. The van der Waals surface area contributed by atoms with Gasteiger partial charge in [-0.3, -0.25) is 19.2 Å². The smallest absolute Gasteiger partial charge is 0.311 e. The number of rotatable bonds is 4. The Morgan fingerprint density at radius 1 is 0.667 bits per heavy atom. The number of carboxylic acid groups (broad SMARTS) is 4. The first-order valence-corrected chi connectivity index (χ1v) is 7.18. The lowest BCUT2D eigenvalue weighted by molar-refractivity contribution is -0.152. The molecule has 0 heterocycles. The molecule has 0 amide bonds. The first kappa shape index (κ1) is 19.1. The molecule has 2 aliphatic carbocycles. The third-order valence-electron chi connectivity index (χ3n) is 3.73. The molecule has 0 radical (unpaired) electrons. The first-order valence-electron chi connectivity index (χ1n) is 7.18. The van der Waals surface area contributed by atoms with E-state index in [1.54, 1.807) is 6.08 Å². The van der Waals surface area contributed by atoms with Crippen LogP contribution in [0.3, 0.4) is 0 Å². The lowest BCUT2D eigenvalue weighted by Gasteiger charge is -2.19. The summed E-state index contributed by atoms with van der Waals surface area (Å²) >= 11 is 0. The van der Waals surface area contributed by atoms with E-state index in [4.69, 9.17) is 20.4 Å². The molecule has 0 spiro atoms. The van der Waals surface area contributed by atoms with Gasteiger partial charge in [-0.1, -0.05) is 36.5 Å². The Balaban J connectivity index is 0.000000240. The van der Waals surface area contributed by atoms with Crippen molar-refractivity contribution in [2.75, 3.05) is 0 Å². The Hall–Kier alpha value is -2.90. The van der Waals surface area contributed by atoms with Gasteiger partial charge in [0.2, 0.25) is 0 Å². The molecule has 0 aliphatic heterocycles. The number of allylic oxidation sites excluding steroid dienone is 3. The molecule has 130 valence electrons. The summed E-state index contributed by atoms with van der Waals surface area (Å²) in [4.78, 5) is 42.2. The van der Waals surface area contributed by atoms with Crippen LogP contribution in [0.25, 0.3) is 0 Å². The molecular weight excluding hydrogens is 320 g/mol. The molecule has 24 heavy (non-hydrogen) atoms. The SMILES string of the molecule is O=C(O)C1C=CC=CC1C(=O)O.O=C(O)C1C=CCCC1C(=O)O. The van der Waals surface area contributed by atoms with Crippen LogP contribution in [0, 0.1) is 23.7 Å². The maximum atomic E-state index is 10.6. The zero-order valence-corrected chi connectivity index (χ0v) is 12.6. The Labute approximate surface area is 137 Å². The zero-order chi connectivity index (χ0) is 18.3. The molecule has 8 heteroatoms. The van der Waals surface area contributed by atoms with Crippen LogP contribution in [-0.2, 0) is 19.2 Å². The summed E-state index contributed by atoms with van der Waals surface area (Å²) in [5.74, 6) is -7.78. The molecular formula is C16H18O8. The van der Waals surface area contributed by atoms with Crippen molar-refractivity contribution in [3.05, 3.63) is 36.5 Å². The van der Waals surface area contributed by atoms with Gasteiger partial charge in [-0.2, -0.15) is 0 Å². The standard InChI is InChI=1S/C8H10O4.C8H8O4/c2*9-7(10)5-3-1-2-4-6(5)8(11)12/h1,3,5-6H,2,4H2,(H,9,10)(H,11,12);1-6H,(H,9,10)(H,11,12). The highest BCUT2D eigenvalue weighted by Crippen LogP contribution is 2.25. The number of hydrogen-bond acceptors (Lipinski definition) is 4. The summed E-state index contributed by atoms with van der Waals surface area (Å²) in [5.41, 5.74) is 0. The second kappa shape index (κ2) is 8.66. The summed E-state index contributed by atoms with van der Waals surface area (Å²) in [6.45, 7) is 0. The minimum atomic E-state index is -1.11. The second-order valence-corrected chi connectivity index (χ2v) is 5.31. The van der Waals surface area contributed by atoms with Crippen LogP contribution in [0.5, 0.6) is 0 Å². The average molecular weight is 338 g/mol. The molecule has 0 aromatic heterocycles. The molecule has 0 saturated heterocycles. The van der Waals surface area contributed by atoms with Gasteiger partial charge in [-0.15, -0.1) is 0 Å². The number of carboxylic acids is 4. The molecule has 0 bridgehead atoms. The van der Waals surface area contributed by atoms with Gasteiger partial charge >= 0.3 is 23.9 Å². The van der Waals surface area contributed by atoms with Crippen molar-refractivity contribution in [2.24, 2.45) is 23.7 Å². The van der Waals surface area contributed by atoms with E-state index < -0.39 is 47.5 Å². The van der Waals surface area contributed by atoms with Gasteiger partial charge in [0.15, 0.2) is 0 Å². The largest absolute Gasteiger partial charge is 0.481 e.